The molecule has 0 radical (unpaired) electrons. The molecule has 3 heteroatoms. The number of rotatable bonds is 8. The molecule has 1 aliphatic carbocycles. The smallest absolute Gasteiger partial charge is 0.0458 e. The Labute approximate surface area is 213 Å². The third kappa shape index (κ3) is 3.98. The first kappa shape index (κ1) is 23.5. The van der Waals surface area contributed by atoms with E-state index in [1.807, 2.05) is 6.08 Å². The van der Waals surface area contributed by atoms with Crippen LogP contribution in [0.2, 0.25) is 0 Å². The Morgan fingerprint density at radius 1 is 0.833 bits per heavy atom. The summed E-state index contributed by atoms with van der Waals surface area (Å²) in [5, 5.41) is 9.99. The van der Waals surface area contributed by atoms with Crippen LogP contribution in [0.5, 0.6) is 0 Å². The Morgan fingerprint density at radius 3 is 2.11 bits per heavy atom. The predicted octanol–water partition coefficient (Wildman–Crippen LogP) is 8.32. The number of benzene rings is 4. The zero-order valence-electron chi connectivity index (χ0n) is 20.9. The van der Waals surface area contributed by atoms with Crippen molar-refractivity contribution in [3.05, 3.63) is 115 Å². The van der Waals surface area contributed by atoms with Gasteiger partial charge in [0.2, 0.25) is 0 Å². The van der Waals surface area contributed by atoms with Gasteiger partial charge in [-0.15, -0.1) is 0 Å². The van der Waals surface area contributed by atoms with E-state index in [9.17, 15) is 0 Å². The maximum absolute atomic E-state index is 7.38. The summed E-state index contributed by atoms with van der Waals surface area (Å²) >= 11 is 0. The van der Waals surface area contributed by atoms with Crippen molar-refractivity contribution >= 4 is 22.7 Å². The summed E-state index contributed by atoms with van der Waals surface area (Å²) in [5.41, 5.74) is 17.8. The lowest BCUT2D eigenvalue weighted by Crippen LogP contribution is -2.23. The Bertz CT molecular complexity index is 1500. The molecule has 4 aromatic rings. The Hall–Kier alpha value is -4.21. The summed E-state index contributed by atoms with van der Waals surface area (Å²) in [5.74, 6) is 0. The van der Waals surface area contributed by atoms with Crippen LogP contribution in [0.3, 0.4) is 0 Å². The van der Waals surface area contributed by atoms with Crippen LogP contribution in [0.25, 0.3) is 44.2 Å². The van der Waals surface area contributed by atoms with Crippen molar-refractivity contribution in [2.75, 3.05) is 11.4 Å². The molecule has 0 saturated carbocycles. The third-order valence-corrected chi connectivity index (χ3v) is 6.88. The summed E-state index contributed by atoms with van der Waals surface area (Å²) in [6.45, 7) is 9.04. The van der Waals surface area contributed by atoms with Gasteiger partial charge in [0, 0.05) is 29.7 Å². The van der Waals surface area contributed by atoms with Crippen molar-refractivity contribution in [1.82, 2.24) is 0 Å². The zero-order chi connectivity index (χ0) is 25.2. The van der Waals surface area contributed by atoms with E-state index in [1.54, 1.807) is 6.08 Å². The molecule has 0 bridgehead atoms. The molecule has 0 aliphatic heterocycles. The Kier molecular flexibility index (Phi) is 6.41. The normalized spacial score (nSPS) is 11.5. The van der Waals surface area contributed by atoms with E-state index in [0.717, 1.165) is 23.5 Å². The molecular weight excluding hydrogens is 438 g/mol. The first-order chi connectivity index (χ1) is 17.5. The third-order valence-electron chi connectivity index (χ3n) is 6.88. The first-order valence-electron chi connectivity index (χ1n) is 12.3. The van der Waals surface area contributed by atoms with Gasteiger partial charge in [0.05, 0.1) is 0 Å². The van der Waals surface area contributed by atoms with E-state index in [4.69, 9.17) is 11.1 Å². The molecule has 3 nitrogen and oxygen atoms in total. The lowest BCUT2D eigenvalue weighted by atomic mass is 9.94. The number of hydrogen-bond donors (Lipinski definition) is 2. The van der Waals surface area contributed by atoms with Crippen LogP contribution >= 0.6 is 0 Å². The SMILES string of the molecule is C=C(/C=C\C=N)N(C(CCN)=C(C)C)c1ccc(-c2ccc3c4c(cccc24)-c2ccccc2-3)cc1. The molecule has 3 N–H and O–H groups in total. The number of allylic oxidation sites excluding steroid dienone is 3. The van der Waals surface area contributed by atoms with Crippen LogP contribution in [0, 0.1) is 5.41 Å². The van der Waals surface area contributed by atoms with E-state index in [2.05, 4.69) is 104 Å². The summed E-state index contributed by atoms with van der Waals surface area (Å²) in [6, 6.07) is 28.5. The maximum atomic E-state index is 7.38. The topological polar surface area (TPSA) is 53.1 Å². The fraction of sp³-hybridized carbons (Fsp3) is 0.121. The van der Waals surface area contributed by atoms with Gasteiger partial charge in [-0.1, -0.05) is 78.9 Å². The molecule has 5 rings (SSSR count). The first-order valence-corrected chi connectivity index (χ1v) is 12.3. The molecule has 0 unspecified atom stereocenters. The van der Waals surface area contributed by atoms with Crippen molar-refractivity contribution in [3.8, 4) is 33.4 Å². The number of fused-ring (bicyclic) bond motifs is 3. The van der Waals surface area contributed by atoms with Crippen molar-refractivity contribution in [2.45, 2.75) is 20.3 Å². The molecule has 0 saturated heterocycles. The average Bonchev–Trinajstić information content (AvgIpc) is 3.23. The van der Waals surface area contributed by atoms with Gasteiger partial charge in [0.1, 0.15) is 0 Å². The van der Waals surface area contributed by atoms with Crippen molar-refractivity contribution in [3.63, 3.8) is 0 Å². The van der Waals surface area contributed by atoms with Crippen LogP contribution in [-0.2, 0) is 0 Å². The van der Waals surface area contributed by atoms with Crippen LogP contribution in [-0.4, -0.2) is 12.8 Å². The molecule has 0 atom stereocenters. The quantitative estimate of drug-likeness (QED) is 0.177. The molecule has 36 heavy (non-hydrogen) atoms. The van der Waals surface area contributed by atoms with Gasteiger partial charge in [0.15, 0.2) is 0 Å². The highest BCUT2D eigenvalue weighted by Gasteiger charge is 2.22. The highest BCUT2D eigenvalue weighted by atomic mass is 15.2. The zero-order valence-corrected chi connectivity index (χ0v) is 20.9. The van der Waals surface area contributed by atoms with Gasteiger partial charge in [-0.2, -0.15) is 0 Å². The highest BCUT2D eigenvalue weighted by Crippen LogP contribution is 2.49. The summed E-state index contributed by atoms with van der Waals surface area (Å²) in [4.78, 5) is 2.15. The number of nitrogens with zero attached hydrogens (tertiary/aromatic N) is 1. The Balaban J connectivity index is 1.59. The lowest BCUT2D eigenvalue weighted by molar-refractivity contribution is 0.881. The van der Waals surface area contributed by atoms with Crippen molar-refractivity contribution in [1.29, 1.82) is 5.41 Å². The lowest BCUT2D eigenvalue weighted by Gasteiger charge is -2.29. The van der Waals surface area contributed by atoms with E-state index in [-0.39, 0.29) is 0 Å². The van der Waals surface area contributed by atoms with Gasteiger partial charge >= 0.3 is 0 Å². The second kappa shape index (κ2) is 9.80. The molecule has 0 heterocycles. The molecule has 0 spiro atoms. The fourth-order valence-corrected chi connectivity index (χ4v) is 5.30. The predicted molar refractivity (Wildman–Crippen MR) is 155 cm³/mol. The molecule has 178 valence electrons. The number of anilines is 1. The summed E-state index contributed by atoms with van der Waals surface area (Å²) in [7, 11) is 0. The minimum Gasteiger partial charge on any atom is -0.330 e. The van der Waals surface area contributed by atoms with E-state index in [0.29, 0.717) is 6.54 Å². The Morgan fingerprint density at radius 2 is 1.47 bits per heavy atom. The molecule has 1 aliphatic rings. The van der Waals surface area contributed by atoms with Gasteiger partial charge in [-0.25, -0.2) is 0 Å². The highest BCUT2D eigenvalue weighted by molar-refractivity contribution is 6.18. The van der Waals surface area contributed by atoms with E-state index >= 15 is 0 Å². The van der Waals surface area contributed by atoms with E-state index in [1.165, 1.54) is 55.9 Å². The second-order valence-corrected chi connectivity index (χ2v) is 9.32. The van der Waals surface area contributed by atoms with Gasteiger partial charge in [-0.3, -0.25) is 0 Å². The maximum Gasteiger partial charge on any atom is 0.0458 e. The largest absolute Gasteiger partial charge is 0.330 e. The van der Waals surface area contributed by atoms with Crippen LogP contribution in [0.4, 0.5) is 5.69 Å². The molecular formula is C33H31N3. The van der Waals surface area contributed by atoms with E-state index < -0.39 is 0 Å². The number of nitrogens with one attached hydrogen (secondary N) is 1. The number of nitrogens with two attached hydrogens (primary N) is 1. The van der Waals surface area contributed by atoms with Crippen LogP contribution < -0.4 is 10.6 Å². The van der Waals surface area contributed by atoms with Crippen molar-refractivity contribution in [2.24, 2.45) is 5.73 Å². The molecule has 0 fully saturated rings. The molecule has 0 aromatic heterocycles. The summed E-state index contributed by atoms with van der Waals surface area (Å²) < 4.78 is 0. The summed E-state index contributed by atoms with van der Waals surface area (Å²) in [6.07, 6.45) is 5.57. The van der Waals surface area contributed by atoms with Gasteiger partial charge in [0.25, 0.3) is 0 Å². The average molecular weight is 470 g/mol. The second-order valence-electron chi connectivity index (χ2n) is 9.32. The van der Waals surface area contributed by atoms with Gasteiger partial charge in [-0.05, 0) is 88.8 Å². The standard InChI is InChI=1S/C33H31N3/c1-22(2)32(19-21-35)36(23(3)8-7-20-34)25-15-13-24(14-16-25)26-17-18-31-28-10-5-4-9-27(28)30-12-6-11-29(26)33(30)31/h4-18,20,34H,3,19,21,35H2,1-2H3/b8-7-,34-20?. The number of hydrogen-bond acceptors (Lipinski definition) is 3. The minimum absolute atomic E-state index is 0.555. The molecule has 0 amide bonds. The van der Waals surface area contributed by atoms with Crippen molar-refractivity contribution < 1.29 is 0 Å². The van der Waals surface area contributed by atoms with Crippen LogP contribution in [0.15, 0.2) is 115 Å². The fourth-order valence-electron chi connectivity index (χ4n) is 5.30. The van der Waals surface area contributed by atoms with Crippen LogP contribution in [0.1, 0.15) is 20.3 Å². The van der Waals surface area contributed by atoms with Gasteiger partial charge < -0.3 is 16.0 Å². The molecule has 4 aromatic carbocycles. The minimum atomic E-state index is 0.555. The monoisotopic (exact) mass is 469 g/mol.